The fourth-order valence-electron chi connectivity index (χ4n) is 3.27. The van der Waals surface area contributed by atoms with Gasteiger partial charge in [-0.3, -0.25) is 9.48 Å². The highest BCUT2D eigenvalue weighted by molar-refractivity contribution is 7.13. The minimum absolute atomic E-state index is 0.325. The Hall–Kier alpha value is -4.22. The summed E-state index contributed by atoms with van der Waals surface area (Å²) in [7, 11) is 0. The van der Waals surface area contributed by atoms with Crippen LogP contribution in [0.25, 0.3) is 16.6 Å². The van der Waals surface area contributed by atoms with Crippen LogP contribution in [-0.2, 0) is 11.3 Å². The lowest BCUT2D eigenvalue weighted by molar-refractivity contribution is -0.111. The normalized spacial score (nSPS) is 10.8. The summed E-state index contributed by atoms with van der Waals surface area (Å²) in [5, 5.41) is 18.2. The molecule has 170 valence electrons. The molecule has 0 bridgehead atoms. The van der Waals surface area contributed by atoms with E-state index in [2.05, 4.69) is 28.5 Å². The Kier molecular flexibility index (Phi) is 7.82. The third kappa shape index (κ3) is 6.18. The van der Waals surface area contributed by atoms with Gasteiger partial charge in [-0.25, -0.2) is 4.98 Å². The van der Waals surface area contributed by atoms with Gasteiger partial charge in [-0.15, -0.1) is 11.3 Å². The fourth-order valence-corrected chi connectivity index (χ4v) is 4.00. The van der Waals surface area contributed by atoms with E-state index >= 15 is 0 Å². The van der Waals surface area contributed by atoms with Crippen molar-refractivity contribution in [2.75, 3.05) is 11.9 Å². The largest absolute Gasteiger partial charge is 0.490 e. The summed E-state index contributed by atoms with van der Waals surface area (Å²) < 4.78 is 7.55. The number of unbranched alkanes of at least 4 members (excludes halogenated alkanes) is 1. The van der Waals surface area contributed by atoms with Crippen LogP contribution in [0, 0.1) is 11.3 Å². The SMILES string of the molecule is N#CCCCOc1cccnc1NC(=O)/C=C/c1cn(Cc2ccccc2)nc1-c1cccs1. The van der Waals surface area contributed by atoms with E-state index in [1.54, 1.807) is 35.7 Å². The van der Waals surface area contributed by atoms with Crippen molar-refractivity contribution in [2.45, 2.75) is 19.4 Å². The lowest BCUT2D eigenvalue weighted by Crippen LogP contribution is -2.11. The minimum Gasteiger partial charge on any atom is -0.490 e. The van der Waals surface area contributed by atoms with Gasteiger partial charge in [0.25, 0.3) is 0 Å². The number of amides is 1. The third-order valence-electron chi connectivity index (χ3n) is 4.85. The van der Waals surface area contributed by atoms with Crippen LogP contribution in [0.5, 0.6) is 5.75 Å². The lowest BCUT2D eigenvalue weighted by atomic mass is 10.2. The van der Waals surface area contributed by atoms with Crippen LogP contribution in [0.4, 0.5) is 5.82 Å². The molecule has 0 aliphatic carbocycles. The zero-order valence-electron chi connectivity index (χ0n) is 18.4. The number of thiophene rings is 1. The molecule has 0 spiro atoms. The molecule has 7 nitrogen and oxygen atoms in total. The van der Waals surface area contributed by atoms with Gasteiger partial charge in [-0.05, 0) is 41.6 Å². The van der Waals surface area contributed by atoms with Crippen molar-refractivity contribution in [1.29, 1.82) is 5.26 Å². The van der Waals surface area contributed by atoms with E-state index in [9.17, 15) is 4.79 Å². The monoisotopic (exact) mass is 469 g/mol. The van der Waals surface area contributed by atoms with Crippen molar-refractivity contribution in [3.8, 4) is 22.4 Å². The van der Waals surface area contributed by atoms with Crippen molar-refractivity contribution in [3.05, 3.63) is 89.6 Å². The molecule has 0 atom stereocenters. The summed E-state index contributed by atoms with van der Waals surface area (Å²) in [5.41, 5.74) is 2.82. The predicted molar refractivity (Wildman–Crippen MR) is 133 cm³/mol. The number of benzene rings is 1. The number of nitrogens with zero attached hydrogens (tertiary/aromatic N) is 4. The highest BCUT2D eigenvalue weighted by Crippen LogP contribution is 2.28. The molecule has 0 aliphatic heterocycles. The topological polar surface area (TPSA) is 92.8 Å². The van der Waals surface area contributed by atoms with Crippen molar-refractivity contribution < 1.29 is 9.53 Å². The van der Waals surface area contributed by atoms with Gasteiger partial charge in [0.2, 0.25) is 5.91 Å². The Balaban J connectivity index is 1.49. The van der Waals surface area contributed by atoms with Gasteiger partial charge < -0.3 is 10.1 Å². The molecule has 3 aromatic heterocycles. The molecule has 1 aromatic carbocycles. The summed E-state index contributed by atoms with van der Waals surface area (Å²) in [5.74, 6) is 0.484. The molecular formula is C26H23N5O2S. The van der Waals surface area contributed by atoms with Crippen molar-refractivity contribution in [3.63, 3.8) is 0 Å². The molecule has 3 heterocycles. The maximum atomic E-state index is 12.6. The lowest BCUT2D eigenvalue weighted by Gasteiger charge is -2.09. The Labute approximate surface area is 202 Å². The number of pyridine rings is 1. The summed E-state index contributed by atoms with van der Waals surface area (Å²) in [6.45, 7) is 1.02. The molecule has 34 heavy (non-hydrogen) atoms. The number of carbonyl (C=O) groups excluding carboxylic acids is 1. The zero-order valence-corrected chi connectivity index (χ0v) is 19.2. The van der Waals surface area contributed by atoms with Gasteiger partial charge in [0.15, 0.2) is 11.6 Å². The molecule has 0 aliphatic rings. The Morgan fingerprint density at radius 1 is 1.18 bits per heavy atom. The van der Waals surface area contributed by atoms with Crippen LogP contribution < -0.4 is 10.1 Å². The number of ether oxygens (including phenoxy) is 1. The smallest absolute Gasteiger partial charge is 0.249 e. The summed E-state index contributed by atoms with van der Waals surface area (Å²) in [6.07, 6.45) is 7.77. The third-order valence-corrected chi connectivity index (χ3v) is 5.73. The van der Waals surface area contributed by atoms with Crippen molar-refractivity contribution in [2.24, 2.45) is 0 Å². The molecule has 1 N–H and O–H groups in total. The molecular weight excluding hydrogens is 446 g/mol. The van der Waals surface area contributed by atoms with Gasteiger partial charge in [0.1, 0.15) is 5.69 Å². The predicted octanol–water partition coefficient (Wildman–Crippen LogP) is 5.39. The van der Waals surface area contributed by atoms with E-state index in [-0.39, 0.29) is 5.91 Å². The second kappa shape index (κ2) is 11.6. The highest BCUT2D eigenvalue weighted by Gasteiger charge is 2.12. The molecule has 1 amide bonds. The molecule has 4 rings (SSSR count). The van der Waals surface area contributed by atoms with Crippen LogP contribution in [0.2, 0.25) is 0 Å². The molecule has 0 fully saturated rings. The Bertz CT molecular complexity index is 1290. The number of nitrogens with one attached hydrogen (secondary N) is 1. The number of nitriles is 1. The van der Waals surface area contributed by atoms with Crippen molar-refractivity contribution in [1.82, 2.24) is 14.8 Å². The minimum atomic E-state index is -0.325. The number of hydrogen-bond acceptors (Lipinski definition) is 6. The van der Waals surface area contributed by atoms with Crippen LogP contribution in [0.15, 0.2) is 78.4 Å². The molecule has 0 unspecified atom stereocenters. The number of hydrogen-bond donors (Lipinski definition) is 1. The molecule has 0 saturated carbocycles. The Morgan fingerprint density at radius 3 is 2.85 bits per heavy atom. The van der Waals surface area contributed by atoms with Gasteiger partial charge >= 0.3 is 0 Å². The summed E-state index contributed by atoms with van der Waals surface area (Å²) in [6, 6.07) is 19.7. The van der Waals surface area contributed by atoms with E-state index < -0.39 is 0 Å². The van der Waals surface area contributed by atoms with E-state index in [0.29, 0.717) is 37.6 Å². The number of carbonyl (C=O) groups is 1. The van der Waals surface area contributed by atoms with Gasteiger partial charge in [0, 0.05) is 30.5 Å². The molecule has 8 heteroatoms. The molecule has 0 radical (unpaired) electrons. The maximum absolute atomic E-state index is 12.6. The van der Waals surface area contributed by atoms with E-state index in [4.69, 9.17) is 15.1 Å². The van der Waals surface area contributed by atoms with Crippen LogP contribution in [0.3, 0.4) is 0 Å². The average molecular weight is 470 g/mol. The first kappa shape index (κ1) is 23.0. The average Bonchev–Trinajstić information content (AvgIpc) is 3.52. The van der Waals surface area contributed by atoms with Crippen LogP contribution in [0.1, 0.15) is 24.0 Å². The number of anilines is 1. The van der Waals surface area contributed by atoms with Crippen LogP contribution >= 0.6 is 11.3 Å². The summed E-state index contributed by atoms with van der Waals surface area (Å²) in [4.78, 5) is 17.9. The second-order valence-electron chi connectivity index (χ2n) is 7.38. The zero-order chi connectivity index (χ0) is 23.6. The fraction of sp³-hybridized carbons (Fsp3) is 0.154. The standard InChI is InChI=1S/C26H23N5O2S/c27-14-4-5-16-33-22-10-6-15-28-26(22)29-24(32)13-12-21-19-31(18-20-8-2-1-3-9-20)30-25(21)23-11-7-17-34-23/h1-3,6-13,15,17,19H,4-5,16,18H2,(H,28,29,32)/b13-12+. The summed E-state index contributed by atoms with van der Waals surface area (Å²) >= 11 is 1.60. The first-order valence-corrected chi connectivity index (χ1v) is 11.7. The van der Waals surface area contributed by atoms with Gasteiger partial charge in [-0.1, -0.05) is 36.4 Å². The van der Waals surface area contributed by atoms with E-state index in [1.165, 1.54) is 6.08 Å². The van der Waals surface area contributed by atoms with E-state index in [0.717, 1.165) is 21.7 Å². The molecule has 0 saturated heterocycles. The van der Waals surface area contributed by atoms with E-state index in [1.807, 2.05) is 46.6 Å². The van der Waals surface area contributed by atoms with Crippen LogP contribution in [-0.4, -0.2) is 27.3 Å². The van der Waals surface area contributed by atoms with Gasteiger partial charge in [0.05, 0.1) is 24.1 Å². The highest BCUT2D eigenvalue weighted by atomic mass is 32.1. The quantitative estimate of drug-likeness (QED) is 0.248. The second-order valence-corrected chi connectivity index (χ2v) is 8.32. The van der Waals surface area contributed by atoms with Gasteiger partial charge in [-0.2, -0.15) is 10.4 Å². The van der Waals surface area contributed by atoms with Crippen molar-refractivity contribution >= 4 is 29.1 Å². The number of aromatic nitrogens is 3. The number of rotatable bonds is 10. The molecule has 4 aromatic rings. The first-order chi connectivity index (χ1) is 16.7. The Morgan fingerprint density at radius 2 is 2.06 bits per heavy atom. The maximum Gasteiger partial charge on any atom is 0.249 e. The first-order valence-electron chi connectivity index (χ1n) is 10.8.